The topological polar surface area (TPSA) is 25.2 Å². The van der Waals surface area contributed by atoms with Crippen LogP contribution in [0.1, 0.15) is 17.5 Å². The first-order valence-corrected chi connectivity index (χ1v) is 6.62. The lowest BCUT2D eigenvalue weighted by Gasteiger charge is -2.04. The van der Waals surface area contributed by atoms with Crippen molar-refractivity contribution < 1.29 is 0 Å². The molecule has 0 atom stereocenters. The Morgan fingerprint density at radius 3 is 2.68 bits per heavy atom. The van der Waals surface area contributed by atoms with Crippen molar-refractivity contribution in [3.05, 3.63) is 70.5 Å². The zero-order chi connectivity index (χ0) is 13.1. The Balaban J connectivity index is 1.93. The molecule has 2 heterocycles. The summed E-state index contributed by atoms with van der Waals surface area (Å²) < 4.78 is 0. The standard InChI is InChI=1S/C16H13ClN2/c17-15-5-3-12(4-6-15)10-13-7-9-19-16(13)14-2-1-8-18-11-14/h1-6,8,10-11H,7,9H2/b13-10+. The van der Waals surface area contributed by atoms with E-state index in [1.807, 2.05) is 42.6 Å². The van der Waals surface area contributed by atoms with E-state index in [1.165, 1.54) is 5.57 Å². The predicted molar refractivity (Wildman–Crippen MR) is 79.7 cm³/mol. The zero-order valence-corrected chi connectivity index (χ0v) is 11.1. The summed E-state index contributed by atoms with van der Waals surface area (Å²) in [5.74, 6) is 0. The summed E-state index contributed by atoms with van der Waals surface area (Å²) in [6.45, 7) is 0.851. The van der Waals surface area contributed by atoms with Gasteiger partial charge in [0.1, 0.15) is 0 Å². The van der Waals surface area contributed by atoms with Crippen molar-refractivity contribution in [2.75, 3.05) is 6.54 Å². The van der Waals surface area contributed by atoms with Gasteiger partial charge in [0, 0.05) is 29.5 Å². The number of hydrogen-bond donors (Lipinski definition) is 0. The summed E-state index contributed by atoms with van der Waals surface area (Å²) in [7, 11) is 0. The van der Waals surface area contributed by atoms with Gasteiger partial charge in [0.05, 0.1) is 5.71 Å². The highest BCUT2D eigenvalue weighted by molar-refractivity contribution is 6.30. The first-order valence-electron chi connectivity index (χ1n) is 6.24. The summed E-state index contributed by atoms with van der Waals surface area (Å²) in [6.07, 6.45) is 6.80. The molecule has 0 unspecified atom stereocenters. The van der Waals surface area contributed by atoms with E-state index in [0.29, 0.717) is 0 Å². The Morgan fingerprint density at radius 1 is 1.11 bits per heavy atom. The quantitative estimate of drug-likeness (QED) is 0.808. The van der Waals surface area contributed by atoms with E-state index >= 15 is 0 Å². The SMILES string of the molecule is Clc1ccc(/C=C2\CCN=C2c2cccnc2)cc1. The Kier molecular flexibility index (Phi) is 3.43. The maximum Gasteiger partial charge on any atom is 0.0695 e. The molecule has 1 aromatic heterocycles. The third-order valence-electron chi connectivity index (χ3n) is 3.10. The Hall–Kier alpha value is -1.93. The van der Waals surface area contributed by atoms with Gasteiger partial charge >= 0.3 is 0 Å². The smallest absolute Gasteiger partial charge is 0.0695 e. The largest absolute Gasteiger partial charge is 0.284 e. The van der Waals surface area contributed by atoms with Crippen LogP contribution >= 0.6 is 11.6 Å². The maximum atomic E-state index is 5.90. The molecule has 0 aliphatic carbocycles. The number of aromatic nitrogens is 1. The van der Waals surface area contributed by atoms with Gasteiger partial charge < -0.3 is 0 Å². The fraction of sp³-hybridized carbons (Fsp3) is 0.125. The van der Waals surface area contributed by atoms with E-state index in [1.54, 1.807) is 6.20 Å². The molecule has 0 bridgehead atoms. The van der Waals surface area contributed by atoms with Gasteiger partial charge in [0.15, 0.2) is 0 Å². The molecule has 3 heteroatoms. The molecule has 1 aliphatic heterocycles. The van der Waals surface area contributed by atoms with E-state index in [4.69, 9.17) is 11.6 Å². The van der Waals surface area contributed by atoms with Crippen LogP contribution in [0, 0.1) is 0 Å². The molecule has 2 nitrogen and oxygen atoms in total. The minimum Gasteiger partial charge on any atom is -0.284 e. The maximum absolute atomic E-state index is 5.90. The van der Waals surface area contributed by atoms with Crippen molar-refractivity contribution >= 4 is 23.4 Å². The molecule has 0 saturated heterocycles. The molecule has 0 fully saturated rings. The number of halogens is 1. The van der Waals surface area contributed by atoms with Crippen molar-refractivity contribution in [1.29, 1.82) is 0 Å². The average molecular weight is 269 g/mol. The number of rotatable bonds is 2. The van der Waals surface area contributed by atoms with Crippen LogP contribution in [0.4, 0.5) is 0 Å². The number of aliphatic imine (C=N–C) groups is 1. The van der Waals surface area contributed by atoms with Gasteiger partial charge in [-0.25, -0.2) is 0 Å². The summed E-state index contributed by atoms with van der Waals surface area (Å²) in [5, 5.41) is 0.759. The highest BCUT2D eigenvalue weighted by Gasteiger charge is 2.15. The molecular weight excluding hydrogens is 256 g/mol. The highest BCUT2D eigenvalue weighted by atomic mass is 35.5. The van der Waals surface area contributed by atoms with Gasteiger partial charge in [-0.1, -0.05) is 23.7 Å². The predicted octanol–water partition coefficient (Wildman–Crippen LogP) is 4.01. The van der Waals surface area contributed by atoms with Crippen molar-refractivity contribution in [3.63, 3.8) is 0 Å². The lowest BCUT2D eigenvalue weighted by atomic mass is 10.0. The molecule has 19 heavy (non-hydrogen) atoms. The second kappa shape index (κ2) is 5.37. The monoisotopic (exact) mass is 268 g/mol. The number of pyridine rings is 1. The van der Waals surface area contributed by atoms with E-state index in [0.717, 1.165) is 34.8 Å². The van der Waals surface area contributed by atoms with Gasteiger partial charge in [-0.3, -0.25) is 9.98 Å². The van der Waals surface area contributed by atoms with E-state index in [9.17, 15) is 0 Å². The number of benzene rings is 1. The minimum absolute atomic E-state index is 0.759. The van der Waals surface area contributed by atoms with Crippen LogP contribution in [0.5, 0.6) is 0 Å². The molecule has 2 aromatic rings. The van der Waals surface area contributed by atoms with Crippen LogP contribution in [0.2, 0.25) is 5.02 Å². The first-order chi connectivity index (χ1) is 9.33. The molecular formula is C16H13ClN2. The van der Waals surface area contributed by atoms with Crippen molar-refractivity contribution in [3.8, 4) is 0 Å². The van der Waals surface area contributed by atoms with E-state index < -0.39 is 0 Å². The Morgan fingerprint density at radius 2 is 1.95 bits per heavy atom. The third kappa shape index (κ3) is 2.74. The van der Waals surface area contributed by atoms with Crippen LogP contribution in [0.15, 0.2) is 59.4 Å². The van der Waals surface area contributed by atoms with Crippen LogP contribution in [-0.2, 0) is 0 Å². The number of hydrogen-bond acceptors (Lipinski definition) is 2. The van der Waals surface area contributed by atoms with Gasteiger partial charge in [0.2, 0.25) is 0 Å². The van der Waals surface area contributed by atoms with Crippen molar-refractivity contribution in [2.45, 2.75) is 6.42 Å². The molecule has 0 radical (unpaired) electrons. The van der Waals surface area contributed by atoms with Crippen LogP contribution < -0.4 is 0 Å². The first kappa shape index (κ1) is 12.1. The minimum atomic E-state index is 0.759. The van der Waals surface area contributed by atoms with E-state index in [-0.39, 0.29) is 0 Å². The fourth-order valence-corrected chi connectivity index (χ4v) is 2.31. The van der Waals surface area contributed by atoms with Crippen LogP contribution in [0.3, 0.4) is 0 Å². The van der Waals surface area contributed by atoms with Crippen molar-refractivity contribution in [2.24, 2.45) is 4.99 Å². The average Bonchev–Trinajstić information content (AvgIpc) is 2.90. The fourth-order valence-electron chi connectivity index (χ4n) is 2.19. The molecule has 94 valence electrons. The molecule has 0 N–H and O–H groups in total. The second-order valence-electron chi connectivity index (χ2n) is 4.44. The summed E-state index contributed by atoms with van der Waals surface area (Å²) >= 11 is 5.90. The normalized spacial score (nSPS) is 16.7. The lowest BCUT2D eigenvalue weighted by Crippen LogP contribution is -2.00. The van der Waals surface area contributed by atoms with Gasteiger partial charge in [-0.05, 0) is 47.9 Å². The Bertz CT molecular complexity index is 628. The van der Waals surface area contributed by atoms with E-state index in [2.05, 4.69) is 16.1 Å². The third-order valence-corrected chi connectivity index (χ3v) is 3.35. The highest BCUT2D eigenvalue weighted by Crippen LogP contribution is 2.22. The summed E-state index contributed by atoms with van der Waals surface area (Å²) in [5.41, 5.74) is 4.55. The molecule has 1 aliphatic rings. The number of nitrogens with zero attached hydrogens (tertiary/aromatic N) is 2. The van der Waals surface area contributed by atoms with Gasteiger partial charge in [-0.15, -0.1) is 0 Å². The summed E-state index contributed by atoms with van der Waals surface area (Å²) in [4.78, 5) is 8.74. The van der Waals surface area contributed by atoms with Crippen LogP contribution in [-0.4, -0.2) is 17.2 Å². The molecule has 1 aromatic carbocycles. The summed E-state index contributed by atoms with van der Waals surface area (Å²) in [6, 6.07) is 11.8. The zero-order valence-electron chi connectivity index (χ0n) is 10.4. The molecule has 3 rings (SSSR count). The molecule has 0 amide bonds. The van der Waals surface area contributed by atoms with Crippen molar-refractivity contribution in [1.82, 2.24) is 4.98 Å². The lowest BCUT2D eigenvalue weighted by molar-refractivity contribution is 1.05. The Labute approximate surface area is 117 Å². The van der Waals surface area contributed by atoms with Gasteiger partial charge in [-0.2, -0.15) is 0 Å². The van der Waals surface area contributed by atoms with Gasteiger partial charge in [0.25, 0.3) is 0 Å². The second-order valence-corrected chi connectivity index (χ2v) is 4.88. The van der Waals surface area contributed by atoms with Crippen LogP contribution in [0.25, 0.3) is 6.08 Å². The molecule has 0 spiro atoms. The molecule has 0 saturated carbocycles.